The minimum Gasteiger partial charge on any atom is -0.493 e. The summed E-state index contributed by atoms with van der Waals surface area (Å²) in [4.78, 5) is 45.6. The molecule has 226 valence electrons. The van der Waals surface area contributed by atoms with E-state index in [9.17, 15) is 14.4 Å². The highest BCUT2D eigenvalue weighted by molar-refractivity contribution is 5.99. The molecule has 0 saturated heterocycles. The predicted molar refractivity (Wildman–Crippen MR) is 160 cm³/mol. The molecule has 5 rings (SSSR count). The number of nitrogens with zero attached hydrogens (tertiary/aromatic N) is 6. The van der Waals surface area contributed by atoms with E-state index in [1.807, 2.05) is 56.4 Å². The van der Waals surface area contributed by atoms with E-state index >= 15 is 0 Å². The average Bonchev–Trinajstić information content (AvgIpc) is 3.57. The fraction of sp³-hybridized carbons (Fsp3) is 0.419. The Labute approximate surface area is 250 Å². The summed E-state index contributed by atoms with van der Waals surface area (Å²) in [6, 6.07) is 12.5. The Morgan fingerprint density at radius 3 is 2.79 bits per heavy atom. The topological polar surface area (TPSA) is 136 Å². The van der Waals surface area contributed by atoms with Gasteiger partial charge in [0.2, 0.25) is 11.8 Å². The SMILES string of the molecule is Cc1ccc2c(c1)OCCCn1cc(nn1)CN(C(=O)CCn1c(C)nc3ccccc31)CCCNC(=O)[C@@H](C)NC2=O. The number of aryl methyl sites for hydroxylation is 4. The number of benzene rings is 2. The molecule has 2 aromatic carbocycles. The van der Waals surface area contributed by atoms with Crippen LogP contribution >= 0.6 is 0 Å². The van der Waals surface area contributed by atoms with Gasteiger partial charge in [-0.3, -0.25) is 19.1 Å². The van der Waals surface area contributed by atoms with E-state index in [0.29, 0.717) is 75.6 Å². The molecule has 1 aliphatic rings. The molecule has 4 aromatic rings. The number of imidazole rings is 1. The lowest BCUT2D eigenvalue weighted by molar-refractivity contribution is -0.132. The molecular weight excluding hydrogens is 548 g/mol. The van der Waals surface area contributed by atoms with Crippen LogP contribution in [-0.4, -0.2) is 72.9 Å². The molecule has 0 unspecified atom stereocenters. The molecule has 0 aliphatic carbocycles. The fourth-order valence-electron chi connectivity index (χ4n) is 5.17. The molecule has 2 aromatic heterocycles. The van der Waals surface area contributed by atoms with Gasteiger partial charge in [-0.2, -0.15) is 0 Å². The highest BCUT2D eigenvalue weighted by Gasteiger charge is 2.21. The van der Waals surface area contributed by atoms with Crippen LogP contribution in [0.5, 0.6) is 5.75 Å². The van der Waals surface area contributed by atoms with Crippen molar-refractivity contribution in [1.82, 2.24) is 40.1 Å². The lowest BCUT2D eigenvalue weighted by Crippen LogP contribution is -2.45. The molecule has 0 spiro atoms. The molecule has 0 fully saturated rings. The third-order valence-corrected chi connectivity index (χ3v) is 7.50. The molecule has 1 atom stereocenters. The molecular formula is C31H38N8O4. The molecule has 2 N–H and O–H groups in total. The van der Waals surface area contributed by atoms with Crippen molar-refractivity contribution in [3.8, 4) is 5.75 Å². The number of rotatable bonds is 3. The van der Waals surface area contributed by atoms with Crippen molar-refractivity contribution >= 4 is 28.8 Å². The first-order valence-electron chi connectivity index (χ1n) is 14.7. The summed E-state index contributed by atoms with van der Waals surface area (Å²) in [6.45, 7) is 8.03. The van der Waals surface area contributed by atoms with Gasteiger partial charge in [0.1, 0.15) is 23.3 Å². The lowest BCUT2D eigenvalue weighted by Gasteiger charge is -2.22. The van der Waals surface area contributed by atoms with Crippen molar-refractivity contribution in [2.24, 2.45) is 0 Å². The van der Waals surface area contributed by atoms with Crippen LogP contribution in [0.3, 0.4) is 0 Å². The number of aromatic nitrogens is 5. The highest BCUT2D eigenvalue weighted by atomic mass is 16.5. The van der Waals surface area contributed by atoms with Gasteiger partial charge in [-0.25, -0.2) is 4.98 Å². The van der Waals surface area contributed by atoms with E-state index in [0.717, 1.165) is 22.4 Å². The molecule has 1 aliphatic heterocycles. The second kappa shape index (κ2) is 13.5. The molecule has 12 heteroatoms. The third-order valence-electron chi connectivity index (χ3n) is 7.50. The normalized spacial score (nSPS) is 17.2. The van der Waals surface area contributed by atoms with Gasteiger partial charge in [0.05, 0.1) is 35.9 Å². The first kappa shape index (κ1) is 29.7. The van der Waals surface area contributed by atoms with Crippen LogP contribution in [0.15, 0.2) is 48.7 Å². The second-order valence-corrected chi connectivity index (χ2v) is 10.9. The number of carbonyl (C=O) groups is 3. The number of hydrogen-bond donors (Lipinski definition) is 2. The van der Waals surface area contributed by atoms with Gasteiger partial charge in [0.15, 0.2) is 0 Å². The minimum absolute atomic E-state index is 0.0222. The van der Waals surface area contributed by atoms with Gasteiger partial charge in [0.25, 0.3) is 5.91 Å². The standard InChI is InChI=1S/C31H38N8O4/c1-21-10-11-25-28(18-21)43-17-7-15-38-20-24(35-36-38)19-37(14-6-13-32-30(41)22(2)33-31(25)42)29(40)12-16-39-23(3)34-26-8-4-5-9-27(26)39/h4-5,8-11,18,20,22H,6-7,12-17,19H2,1-3H3,(H,32,41)(H,33,42)/t22-/m1/s1. The van der Waals surface area contributed by atoms with Gasteiger partial charge in [-0.1, -0.05) is 23.4 Å². The summed E-state index contributed by atoms with van der Waals surface area (Å²) in [5, 5.41) is 14.2. The fourth-order valence-corrected chi connectivity index (χ4v) is 5.17. The van der Waals surface area contributed by atoms with Crippen molar-refractivity contribution in [1.29, 1.82) is 0 Å². The van der Waals surface area contributed by atoms with Crippen LogP contribution in [0.2, 0.25) is 0 Å². The number of hydrogen-bond acceptors (Lipinski definition) is 7. The monoisotopic (exact) mass is 586 g/mol. The van der Waals surface area contributed by atoms with Crippen LogP contribution in [0.4, 0.5) is 0 Å². The van der Waals surface area contributed by atoms with E-state index < -0.39 is 6.04 Å². The number of carbonyl (C=O) groups excluding carboxylic acids is 3. The summed E-state index contributed by atoms with van der Waals surface area (Å²) in [5.41, 5.74) is 3.92. The third kappa shape index (κ3) is 7.37. The quantitative estimate of drug-likeness (QED) is 0.377. The number of amides is 3. The summed E-state index contributed by atoms with van der Waals surface area (Å²) in [7, 11) is 0. The Hall–Kier alpha value is -4.74. The van der Waals surface area contributed by atoms with Crippen LogP contribution in [0.25, 0.3) is 11.0 Å². The van der Waals surface area contributed by atoms with Crippen LogP contribution < -0.4 is 15.4 Å². The zero-order chi connectivity index (χ0) is 30.3. The van der Waals surface area contributed by atoms with Crippen molar-refractivity contribution in [3.05, 3.63) is 71.3 Å². The molecule has 43 heavy (non-hydrogen) atoms. The summed E-state index contributed by atoms with van der Waals surface area (Å²) in [6.07, 6.45) is 3.31. The Balaban J connectivity index is 1.29. The van der Waals surface area contributed by atoms with Gasteiger partial charge >= 0.3 is 0 Å². The number of ether oxygens (including phenoxy) is 1. The second-order valence-electron chi connectivity index (χ2n) is 10.9. The van der Waals surface area contributed by atoms with E-state index in [1.54, 1.807) is 22.6 Å². The van der Waals surface area contributed by atoms with Crippen LogP contribution in [0, 0.1) is 13.8 Å². The highest BCUT2D eigenvalue weighted by Crippen LogP contribution is 2.21. The summed E-state index contributed by atoms with van der Waals surface area (Å²) < 4.78 is 9.77. The summed E-state index contributed by atoms with van der Waals surface area (Å²) >= 11 is 0. The average molecular weight is 587 g/mol. The maximum atomic E-state index is 13.5. The minimum atomic E-state index is -0.746. The first-order chi connectivity index (χ1) is 20.8. The molecule has 0 saturated carbocycles. The lowest BCUT2D eigenvalue weighted by atomic mass is 10.1. The largest absolute Gasteiger partial charge is 0.493 e. The van der Waals surface area contributed by atoms with Crippen molar-refractivity contribution in [2.75, 3.05) is 19.7 Å². The van der Waals surface area contributed by atoms with Gasteiger partial charge in [0, 0.05) is 39.0 Å². The zero-order valence-corrected chi connectivity index (χ0v) is 24.9. The number of fused-ring (bicyclic) bond motifs is 4. The van der Waals surface area contributed by atoms with Crippen LogP contribution in [0.1, 0.15) is 53.6 Å². The first-order valence-corrected chi connectivity index (χ1v) is 14.7. The van der Waals surface area contributed by atoms with E-state index in [2.05, 4.69) is 30.5 Å². The van der Waals surface area contributed by atoms with E-state index in [1.165, 1.54) is 0 Å². The Kier molecular flexibility index (Phi) is 9.33. The zero-order valence-electron chi connectivity index (χ0n) is 24.9. The number of para-hydroxylation sites is 2. The number of nitrogens with one attached hydrogen (secondary N) is 2. The Morgan fingerprint density at radius 1 is 1.09 bits per heavy atom. The van der Waals surface area contributed by atoms with Gasteiger partial charge < -0.3 is 24.8 Å². The van der Waals surface area contributed by atoms with Crippen LogP contribution in [-0.2, 0) is 29.2 Å². The predicted octanol–water partition coefficient (Wildman–Crippen LogP) is 2.77. The Morgan fingerprint density at radius 2 is 1.93 bits per heavy atom. The molecule has 3 heterocycles. The molecule has 3 amide bonds. The van der Waals surface area contributed by atoms with Gasteiger partial charge in [-0.15, -0.1) is 5.10 Å². The molecule has 2 bridgehead atoms. The van der Waals surface area contributed by atoms with Crippen molar-refractivity contribution in [2.45, 2.75) is 65.7 Å². The molecule has 0 radical (unpaired) electrons. The van der Waals surface area contributed by atoms with Crippen molar-refractivity contribution < 1.29 is 19.1 Å². The van der Waals surface area contributed by atoms with Crippen molar-refractivity contribution in [3.63, 3.8) is 0 Å². The maximum Gasteiger partial charge on any atom is 0.255 e. The smallest absolute Gasteiger partial charge is 0.255 e. The molecule has 12 nitrogen and oxygen atoms in total. The maximum absolute atomic E-state index is 13.5. The Bertz CT molecular complexity index is 1610. The summed E-state index contributed by atoms with van der Waals surface area (Å²) in [5.74, 6) is 0.623. The van der Waals surface area contributed by atoms with Gasteiger partial charge in [-0.05, 0) is 57.0 Å². The van der Waals surface area contributed by atoms with E-state index in [-0.39, 0.29) is 17.7 Å². The van der Waals surface area contributed by atoms with E-state index in [4.69, 9.17) is 4.74 Å².